The predicted octanol–water partition coefficient (Wildman–Crippen LogP) is 3.42. The summed E-state index contributed by atoms with van der Waals surface area (Å²) in [7, 11) is 0. The Morgan fingerprint density at radius 2 is 2.08 bits per heavy atom. The number of carbonyl (C=O) groups is 1. The molecule has 7 heteroatoms. The second-order valence-electron chi connectivity index (χ2n) is 5.32. The lowest BCUT2D eigenvalue weighted by molar-refractivity contribution is -0.121. The minimum Gasteiger partial charge on any atom is -0.356 e. The number of hydrogen-bond acceptors (Lipinski definition) is 4. The molecule has 3 aromatic rings. The Bertz CT molecular complexity index is 837. The molecule has 5 nitrogen and oxygen atoms in total. The smallest absolute Gasteiger partial charge is 0.221 e. The van der Waals surface area contributed by atoms with Crippen molar-refractivity contribution in [1.29, 1.82) is 0 Å². The van der Waals surface area contributed by atoms with Gasteiger partial charge >= 0.3 is 0 Å². The molecule has 0 fully saturated rings. The molecule has 0 spiro atoms. The van der Waals surface area contributed by atoms with E-state index in [1.165, 1.54) is 5.56 Å². The van der Waals surface area contributed by atoms with Crippen LogP contribution in [-0.2, 0) is 17.8 Å². The molecule has 24 heavy (non-hydrogen) atoms. The van der Waals surface area contributed by atoms with E-state index >= 15 is 0 Å². The van der Waals surface area contributed by atoms with Gasteiger partial charge in [0.1, 0.15) is 0 Å². The minimum absolute atomic E-state index is 0.0196. The van der Waals surface area contributed by atoms with E-state index < -0.39 is 0 Å². The molecule has 2 heterocycles. The van der Waals surface area contributed by atoms with Gasteiger partial charge in [-0.25, -0.2) is 0 Å². The molecule has 2 aromatic heterocycles. The maximum atomic E-state index is 12.1. The van der Waals surface area contributed by atoms with Crippen LogP contribution in [0.3, 0.4) is 0 Å². The van der Waals surface area contributed by atoms with Crippen LogP contribution in [0.1, 0.15) is 12.0 Å². The van der Waals surface area contributed by atoms with Gasteiger partial charge in [0.2, 0.25) is 5.91 Å². The van der Waals surface area contributed by atoms with E-state index in [4.69, 9.17) is 12.2 Å². The summed E-state index contributed by atoms with van der Waals surface area (Å²) in [4.78, 5) is 13.1. The standard InChI is InChI=1S/C17H18N4OS2/c22-15(18-10-8-13-5-2-1-3-6-13)9-11-21-16(19-20-17(21)23)14-7-4-12-24-14/h1-7,12H,8-11H2,(H,18,22)(H,20,23). The van der Waals surface area contributed by atoms with E-state index in [2.05, 4.69) is 27.6 Å². The first kappa shape index (κ1) is 16.6. The Kier molecular flexibility index (Phi) is 5.55. The summed E-state index contributed by atoms with van der Waals surface area (Å²) >= 11 is 6.87. The number of nitrogens with one attached hydrogen (secondary N) is 2. The molecule has 0 unspecified atom stereocenters. The third-order valence-corrected chi connectivity index (χ3v) is 4.82. The van der Waals surface area contributed by atoms with Crippen molar-refractivity contribution in [3.05, 3.63) is 58.2 Å². The number of amides is 1. The largest absolute Gasteiger partial charge is 0.356 e. The van der Waals surface area contributed by atoms with Crippen LogP contribution in [0.4, 0.5) is 0 Å². The van der Waals surface area contributed by atoms with Crippen LogP contribution in [-0.4, -0.2) is 27.2 Å². The number of nitrogens with zero attached hydrogens (tertiary/aromatic N) is 2. The number of H-pyrrole nitrogens is 1. The molecule has 0 saturated heterocycles. The van der Waals surface area contributed by atoms with Crippen LogP contribution < -0.4 is 5.32 Å². The summed E-state index contributed by atoms with van der Waals surface area (Å²) in [6.07, 6.45) is 1.21. The zero-order valence-corrected chi connectivity index (χ0v) is 14.7. The van der Waals surface area contributed by atoms with E-state index in [9.17, 15) is 4.79 Å². The van der Waals surface area contributed by atoms with Gasteiger partial charge in [-0.1, -0.05) is 36.4 Å². The lowest BCUT2D eigenvalue weighted by Gasteiger charge is -2.07. The second-order valence-corrected chi connectivity index (χ2v) is 6.65. The van der Waals surface area contributed by atoms with E-state index in [0.29, 0.717) is 24.3 Å². The molecule has 0 aliphatic heterocycles. The van der Waals surface area contributed by atoms with Crippen LogP contribution >= 0.6 is 23.6 Å². The minimum atomic E-state index is 0.0196. The number of carbonyl (C=O) groups excluding carboxylic acids is 1. The van der Waals surface area contributed by atoms with E-state index in [1.54, 1.807) is 11.3 Å². The monoisotopic (exact) mass is 358 g/mol. The Balaban J connectivity index is 1.52. The van der Waals surface area contributed by atoms with Crippen molar-refractivity contribution in [2.45, 2.75) is 19.4 Å². The van der Waals surface area contributed by atoms with Crippen LogP contribution in [0.2, 0.25) is 0 Å². The fourth-order valence-corrected chi connectivity index (χ4v) is 3.36. The van der Waals surface area contributed by atoms with Gasteiger partial charge in [-0.05, 0) is 35.6 Å². The van der Waals surface area contributed by atoms with Gasteiger partial charge in [0.25, 0.3) is 0 Å². The molecule has 0 atom stereocenters. The van der Waals surface area contributed by atoms with Gasteiger partial charge in [-0.2, -0.15) is 5.10 Å². The zero-order valence-electron chi connectivity index (χ0n) is 13.1. The Morgan fingerprint density at radius 3 is 2.83 bits per heavy atom. The summed E-state index contributed by atoms with van der Waals surface area (Å²) in [6, 6.07) is 14.1. The van der Waals surface area contributed by atoms with Crippen LogP contribution in [0.15, 0.2) is 47.8 Å². The quantitative estimate of drug-likeness (QED) is 0.636. The average Bonchev–Trinajstić information content (AvgIpc) is 3.23. The van der Waals surface area contributed by atoms with Crippen LogP contribution in [0, 0.1) is 4.77 Å². The van der Waals surface area contributed by atoms with Gasteiger partial charge in [-0.15, -0.1) is 11.3 Å². The SMILES string of the molecule is O=C(CCn1c(-c2cccs2)n[nH]c1=S)NCCc1ccccc1. The number of thiophene rings is 1. The van der Waals surface area contributed by atoms with E-state index in [1.807, 2.05) is 40.3 Å². The third kappa shape index (κ3) is 4.18. The van der Waals surface area contributed by atoms with Gasteiger partial charge in [0.15, 0.2) is 10.6 Å². The molecule has 2 N–H and O–H groups in total. The summed E-state index contributed by atoms with van der Waals surface area (Å²) in [5.41, 5.74) is 1.22. The van der Waals surface area contributed by atoms with Gasteiger partial charge in [0.05, 0.1) is 4.88 Å². The summed E-state index contributed by atoms with van der Waals surface area (Å²) in [6.45, 7) is 1.15. The van der Waals surface area contributed by atoms with Crippen molar-refractivity contribution in [3.8, 4) is 10.7 Å². The fourth-order valence-electron chi connectivity index (χ4n) is 2.41. The molecule has 0 aliphatic rings. The number of aromatic nitrogens is 3. The Hall–Kier alpha value is -2.25. The lowest BCUT2D eigenvalue weighted by atomic mass is 10.1. The van der Waals surface area contributed by atoms with Crippen molar-refractivity contribution in [3.63, 3.8) is 0 Å². The fraction of sp³-hybridized carbons (Fsp3) is 0.235. The average molecular weight is 358 g/mol. The van der Waals surface area contributed by atoms with Crippen LogP contribution in [0.25, 0.3) is 10.7 Å². The molecule has 0 aliphatic carbocycles. The van der Waals surface area contributed by atoms with Crippen molar-refractivity contribution in [1.82, 2.24) is 20.1 Å². The molecule has 124 valence electrons. The summed E-state index contributed by atoms with van der Waals surface area (Å²) in [5.74, 6) is 0.804. The second kappa shape index (κ2) is 8.03. The molecule has 0 saturated carbocycles. The van der Waals surface area contributed by atoms with Crippen molar-refractivity contribution in [2.24, 2.45) is 0 Å². The normalized spacial score (nSPS) is 10.7. The van der Waals surface area contributed by atoms with E-state index in [-0.39, 0.29) is 5.91 Å². The molecule has 1 aromatic carbocycles. The molecule has 0 bridgehead atoms. The number of benzene rings is 1. The molecular formula is C17H18N4OS2. The zero-order chi connectivity index (χ0) is 16.8. The first-order valence-electron chi connectivity index (χ1n) is 7.74. The van der Waals surface area contributed by atoms with Crippen LogP contribution in [0.5, 0.6) is 0 Å². The molecular weight excluding hydrogens is 340 g/mol. The van der Waals surface area contributed by atoms with Crippen molar-refractivity contribution < 1.29 is 4.79 Å². The highest BCUT2D eigenvalue weighted by Gasteiger charge is 2.11. The Labute approximate surface area is 149 Å². The highest BCUT2D eigenvalue weighted by molar-refractivity contribution is 7.71. The lowest BCUT2D eigenvalue weighted by Crippen LogP contribution is -2.26. The molecule has 0 radical (unpaired) electrons. The first-order chi connectivity index (χ1) is 11.7. The summed E-state index contributed by atoms with van der Waals surface area (Å²) in [5, 5.41) is 12.0. The Morgan fingerprint density at radius 1 is 1.25 bits per heavy atom. The van der Waals surface area contributed by atoms with Crippen molar-refractivity contribution in [2.75, 3.05) is 6.54 Å². The third-order valence-electron chi connectivity index (χ3n) is 3.64. The topological polar surface area (TPSA) is 62.7 Å². The maximum Gasteiger partial charge on any atom is 0.221 e. The van der Waals surface area contributed by atoms with Gasteiger partial charge in [0, 0.05) is 19.5 Å². The predicted molar refractivity (Wildman–Crippen MR) is 98.5 cm³/mol. The number of aromatic amines is 1. The number of hydrogen-bond donors (Lipinski definition) is 2. The van der Waals surface area contributed by atoms with Crippen molar-refractivity contribution >= 4 is 29.5 Å². The van der Waals surface area contributed by atoms with Gasteiger partial charge < -0.3 is 5.32 Å². The maximum absolute atomic E-state index is 12.1. The molecule has 3 rings (SSSR count). The highest BCUT2D eigenvalue weighted by Crippen LogP contribution is 2.22. The number of rotatable bonds is 7. The molecule has 1 amide bonds. The van der Waals surface area contributed by atoms with E-state index in [0.717, 1.165) is 17.1 Å². The van der Waals surface area contributed by atoms with Gasteiger partial charge in [-0.3, -0.25) is 14.5 Å². The summed E-state index contributed by atoms with van der Waals surface area (Å²) < 4.78 is 2.41. The first-order valence-corrected chi connectivity index (χ1v) is 9.02. The highest BCUT2D eigenvalue weighted by atomic mass is 32.1.